The molecule has 0 unspecified atom stereocenters. The summed E-state index contributed by atoms with van der Waals surface area (Å²) in [5.41, 5.74) is 4.35. The number of nitrogens with zero attached hydrogens (tertiary/aromatic N) is 1. The van der Waals surface area contributed by atoms with Gasteiger partial charge in [0.2, 0.25) is 0 Å². The molecule has 0 bridgehead atoms. The van der Waals surface area contributed by atoms with Crippen molar-refractivity contribution in [2.24, 2.45) is 5.73 Å². The Hall–Kier alpha value is -0.750. The number of amides is 1. The molecule has 0 aliphatic heterocycles. The van der Waals surface area contributed by atoms with Crippen LogP contribution in [0.3, 0.4) is 0 Å². The fourth-order valence-electron chi connectivity index (χ4n) is 0.833. The summed E-state index contributed by atoms with van der Waals surface area (Å²) in [6.07, 6.45) is -2.74. The van der Waals surface area contributed by atoms with Crippen LogP contribution in [-0.4, -0.2) is 10.9 Å². The van der Waals surface area contributed by atoms with Crippen LogP contribution in [0.2, 0.25) is 5.15 Å². The Morgan fingerprint density at radius 1 is 1.64 bits per heavy atom. The largest absolute Gasteiger partial charge is 0.365 e. The molecule has 0 saturated heterocycles. The number of pyridine rings is 1. The monoisotopic (exact) mass is 284 g/mol. The highest BCUT2D eigenvalue weighted by molar-refractivity contribution is 9.10. The normalized spacial score (nSPS) is 10.6. The maximum absolute atomic E-state index is 12.2. The van der Waals surface area contributed by atoms with Crippen molar-refractivity contribution in [2.45, 2.75) is 6.43 Å². The average molecular weight is 285 g/mol. The lowest BCUT2D eigenvalue weighted by atomic mass is 10.2. The summed E-state index contributed by atoms with van der Waals surface area (Å²) in [6, 6.07) is 1.01. The maximum atomic E-state index is 12.2. The SMILES string of the molecule is NC(=O)c1c(Br)cc(C(F)F)nc1Cl. The smallest absolute Gasteiger partial charge is 0.280 e. The Morgan fingerprint density at radius 2 is 2.21 bits per heavy atom. The van der Waals surface area contributed by atoms with Gasteiger partial charge in [0.1, 0.15) is 10.8 Å². The summed E-state index contributed by atoms with van der Waals surface area (Å²) in [5, 5.41) is -0.331. The number of primary amides is 1. The second-order valence-corrected chi connectivity index (χ2v) is 3.57. The number of carbonyl (C=O) groups excluding carboxylic acids is 1. The van der Waals surface area contributed by atoms with Gasteiger partial charge in [-0.25, -0.2) is 13.8 Å². The molecule has 1 aromatic rings. The Morgan fingerprint density at radius 3 is 2.57 bits per heavy atom. The van der Waals surface area contributed by atoms with Crippen LogP contribution >= 0.6 is 27.5 Å². The maximum Gasteiger partial charge on any atom is 0.280 e. The van der Waals surface area contributed by atoms with Gasteiger partial charge in [-0.15, -0.1) is 0 Å². The molecular formula is C7H4BrClF2N2O. The third-order valence-electron chi connectivity index (χ3n) is 1.42. The van der Waals surface area contributed by atoms with E-state index in [4.69, 9.17) is 17.3 Å². The van der Waals surface area contributed by atoms with Crippen molar-refractivity contribution >= 4 is 33.4 Å². The minimum atomic E-state index is -2.74. The molecule has 2 N–H and O–H groups in total. The third kappa shape index (κ3) is 2.19. The fraction of sp³-hybridized carbons (Fsp3) is 0.143. The van der Waals surface area contributed by atoms with Crippen molar-refractivity contribution in [1.29, 1.82) is 0 Å². The number of rotatable bonds is 2. The highest BCUT2D eigenvalue weighted by atomic mass is 79.9. The van der Waals surface area contributed by atoms with Crippen LogP contribution in [0.1, 0.15) is 22.5 Å². The Labute approximate surface area is 91.4 Å². The summed E-state index contributed by atoms with van der Waals surface area (Å²) < 4.78 is 24.5. The van der Waals surface area contributed by atoms with Crippen molar-refractivity contribution in [3.63, 3.8) is 0 Å². The van der Waals surface area contributed by atoms with E-state index in [1.807, 2.05) is 0 Å². The fourth-order valence-corrected chi connectivity index (χ4v) is 1.86. The van der Waals surface area contributed by atoms with Crippen LogP contribution in [-0.2, 0) is 0 Å². The molecule has 0 aliphatic carbocycles. The summed E-state index contributed by atoms with van der Waals surface area (Å²) in [5.74, 6) is -0.824. The number of nitrogens with two attached hydrogens (primary N) is 1. The molecule has 3 nitrogen and oxygen atoms in total. The number of carbonyl (C=O) groups is 1. The van der Waals surface area contributed by atoms with E-state index < -0.39 is 18.0 Å². The Bertz CT molecular complexity index is 363. The van der Waals surface area contributed by atoms with E-state index in [2.05, 4.69) is 20.9 Å². The molecule has 0 saturated carbocycles. The van der Waals surface area contributed by atoms with Crippen molar-refractivity contribution in [3.8, 4) is 0 Å². The standard InChI is InChI=1S/C7H4BrClF2N2O/c8-2-1-3(6(10)11)13-5(9)4(2)7(12)14/h1,6H,(H2,12,14). The van der Waals surface area contributed by atoms with Crippen molar-refractivity contribution in [1.82, 2.24) is 4.98 Å². The molecule has 0 atom stereocenters. The lowest BCUT2D eigenvalue weighted by Crippen LogP contribution is -2.13. The van der Waals surface area contributed by atoms with Crippen LogP contribution < -0.4 is 5.73 Å². The molecule has 0 aromatic carbocycles. The number of aromatic nitrogens is 1. The van der Waals surface area contributed by atoms with Crippen molar-refractivity contribution in [3.05, 3.63) is 26.9 Å². The third-order valence-corrected chi connectivity index (χ3v) is 2.32. The van der Waals surface area contributed by atoms with Crippen molar-refractivity contribution < 1.29 is 13.6 Å². The van der Waals surface area contributed by atoms with Crippen molar-refractivity contribution in [2.75, 3.05) is 0 Å². The number of hydrogen-bond acceptors (Lipinski definition) is 2. The van der Waals surface area contributed by atoms with Gasteiger partial charge in [-0.05, 0) is 22.0 Å². The van der Waals surface area contributed by atoms with Crippen LogP contribution in [0.4, 0.5) is 8.78 Å². The van der Waals surface area contributed by atoms with Gasteiger partial charge in [-0.2, -0.15) is 0 Å². The molecule has 1 amide bonds. The van der Waals surface area contributed by atoms with E-state index >= 15 is 0 Å². The number of alkyl halides is 2. The van der Waals surface area contributed by atoms with Gasteiger partial charge in [-0.3, -0.25) is 4.79 Å². The molecule has 1 heterocycles. The second kappa shape index (κ2) is 4.18. The Kier molecular flexibility index (Phi) is 3.38. The van der Waals surface area contributed by atoms with E-state index in [0.29, 0.717) is 0 Å². The predicted molar refractivity (Wildman–Crippen MR) is 50.4 cm³/mol. The van der Waals surface area contributed by atoms with E-state index in [1.165, 1.54) is 0 Å². The van der Waals surface area contributed by atoms with Crippen LogP contribution in [0.25, 0.3) is 0 Å². The summed E-state index contributed by atoms with van der Waals surface area (Å²) in [7, 11) is 0. The molecule has 7 heteroatoms. The Balaban J connectivity index is 3.32. The van der Waals surface area contributed by atoms with Gasteiger partial charge in [0.05, 0.1) is 5.56 Å². The van der Waals surface area contributed by atoms with Gasteiger partial charge in [0, 0.05) is 4.47 Å². The first-order valence-corrected chi connectivity index (χ1v) is 4.54. The molecular weight excluding hydrogens is 281 g/mol. The van der Waals surface area contributed by atoms with Gasteiger partial charge in [-0.1, -0.05) is 11.6 Å². The average Bonchev–Trinajstić information content (AvgIpc) is 2.01. The zero-order valence-electron chi connectivity index (χ0n) is 6.60. The summed E-state index contributed by atoms with van der Waals surface area (Å²) >= 11 is 8.41. The highest BCUT2D eigenvalue weighted by Gasteiger charge is 2.18. The predicted octanol–water partition coefficient (Wildman–Crippen LogP) is 2.53. The topological polar surface area (TPSA) is 56.0 Å². The molecule has 0 spiro atoms. The molecule has 14 heavy (non-hydrogen) atoms. The zero-order valence-corrected chi connectivity index (χ0v) is 8.94. The van der Waals surface area contributed by atoms with Crippen LogP contribution in [0.5, 0.6) is 0 Å². The van der Waals surface area contributed by atoms with E-state index in [0.717, 1.165) is 6.07 Å². The molecule has 76 valence electrons. The molecule has 1 rings (SSSR count). The van der Waals surface area contributed by atoms with Gasteiger partial charge >= 0.3 is 0 Å². The highest BCUT2D eigenvalue weighted by Crippen LogP contribution is 2.27. The zero-order chi connectivity index (χ0) is 10.9. The quantitative estimate of drug-likeness (QED) is 0.849. The van der Waals surface area contributed by atoms with E-state index in [9.17, 15) is 13.6 Å². The van der Waals surface area contributed by atoms with Gasteiger partial charge < -0.3 is 5.73 Å². The lowest BCUT2D eigenvalue weighted by molar-refractivity contribution is 0.0998. The van der Waals surface area contributed by atoms with Gasteiger partial charge in [0.15, 0.2) is 0 Å². The van der Waals surface area contributed by atoms with Gasteiger partial charge in [0.25, 0.3) is 12.3 Å². The molecule has 0 aliphatic rings. The number of halogens is 4. The molecule has 0 radical (unpaired) electrons. The first-order valence-electron chi connectivity index (χ1n) is 3.37. The van der Waals surface area contributed by atoms with E-state index in [1.54, 1.807) is 0 Å². The first-order chi connectivity index (χ1) is 6.43. The van der Waals surface area contributed by atoms with Crippen LogP contribution in [0, 0.1) is 0 Å². The molecule has 1 aromatic heterocycles. The molecule has 0 fully saturated rings. The van der Waals surface area contributed by atoms with E-state index in [-0.39, 0.29) is 15.2 Å². The summed E-state index contributed by atoms with van der Waals surface area (Å²) in [4.78, 5) is 14.1. The second-order valence-electron chi connectivity index (χ2n) is 2.36. The minimum Gasteiger partial charge on any atom is -0.365 e. The summed E-state index contributed by atoms with van der Waals surface area (Å²) in [6.45, 7) is 0. The first kappa shape index (κ1) is 11.3. The van der Waals surface area contributed by atoms with Crippen LogP contribution in [0.15, 0.2) is 10.5 Å². The lowest BCUT2D eigenvalue weighted by Gasteiger charge is -2.05. The minimum absolute atomic E-state index is 0.101. The number of hydrogen-bond donors (Lipinski definition) is 1.